The van der Waals surface area contributed by atoms with E-state index in [4.69, 9.17) is 9.26 Å². The van der Waals surface area contributed by atoms with E-state index in [-0.39, 0.29) is 17.2 Å². The Bertz CT molecular complexity index is 1220. The molecule has 176 valence electrons. The van der Waals surface area contributed by atoms with Crippen molar-refractivity contribution in [3.8, 4) is 5.75 Å². The maximum Gasteiger partial charge on any atom is 0.301 e. The van der Waals surface area contributed by atoms with Gasteiger partial charge in [0.2, 0.25) is 0 Å². The highest BCUT2D eigenvalue weighted by Gasteiger charge is 2.48. The molecule has 1 N–H and O–H groups in total. The maximum atomic E-state index is 13.2. The normalized spacial score (nSPS) is 17.6. The molecule has 0 radical (unpaired) electrons. The molecule has 1 amide bonds. The van der Waals surface area contributed by atoms with E-state index in [9.17, 15) is 14.7 Å². The topological polar surface area (TPSA) is 92.9 Å². The van der Waals surface area contributed by atoms with Gasteiger partial charge in [-0.25, -0.2) is 0 Å². The van der Waals surface area contributed by atoms with Crippen molar-refractivity contribution < 1.29 is 24.0 Å². The molecule has 4 rings (SSSR count). The minimum absolute atomic E-state index is 0.00479. The summed E-state index contributed by atoms with van der Waals surface area (Å²) < 4.78 is 10.8. The van der Waals surface area contributed by atoms with Crippen LogP contribution >= 0.6 is 0 Å². The molecule has 2 heterocycles. The first kappa shape index (κ1) is 23.3. The van der Waals surface area contributed by atoms with E-state index in [2.05, 4.69) is 19.0 Å². The second-order valence-corrected chi connectivity index (χ2v) is 8.66. The molecule has 34 heavy (non-hydrogen) atoms. The summed E-state index contributed by atoms with van der Waals surface area (Å²) >= 11 is 0. The molecule has 1 saturated heterocycles. The Labute approximate surface area is 198 Å². The van der Waals surface area contributed by atoms with Crippen LogP contribution in [0.5, 0.6) is 5.75 Å². The number of aliphatic hydroxyl groups excluding tert-OH is 1. The van der Waals surface area contributed by atoms with Gasteiger partial charge >= 0.3 is 5.91 Å². The van der Waals surface area contributed by atoms with Crippen molar-refractivity contribution in [2.75, 3.05) is 11.5 Å². The highest BCUT2D eigenvalue weighted by Crippen LogP contribution is 2.42. The van der Waals surface area contributed by atoms with Gasteiger partial charge in [-0.3, -0.25) is 14.5 Å². The zero-order valence-electron chi connectivity index (χ0n) is 19.7. The average molecular weight is 461 g/mol. The Morgan fingerprint density at radius 2 is 1.79 bits per heavy atom. The first-order valence-corrected chi connectivity index (χ1v) is 11.4. The van der Waals surface area contributed by atoms with E-state index in [0.717, 1.165) is 12.0 Å². The molecular formula is C27H28N2O5. The Morgan fingerprint density at radius 1 is 1.12 bits per heavy atom. The minimum Gasteiger partial charge on any atom is -0.507 e. The van der Waals surface area contributed by atoms with Crippen LogP contribution < -0.4 is 9.64 Å². The summed E-state index contributed by atoms with van der Waals surface area (Å²) in [7, 11) is 0. The van der Waals surface area contributed by atoms with Crippen LogP contribution in [-0.2, 0) is 9.59 Å². The van der Waals surface area contributed by atoms with Crippen LogP contribution in [0.25, 0.3) is 5.76 Å². The largest absolute Gasteiger partial charge is 0.507 e. The number of hydrogen-bond donors (Lipinski definition) is 1. The fourth-order valence-electron chi connectivity index (χ4n) is 4.00. The molecule has 7 heteroatoms. The molecule has 1 aromatic heterocycles. The van der Waals surface area contributed by atoms with Gasteiger partial charge in [0.05, 0.1) is 18.2 Å². The molecule has 0 spiro atoms. The number of amides is 1. The summed E-state index contributed by atoms with van der Waals surface area (Å²) in [5, 5.41) is 15.2. The number of aliphatic hydroxyl groups is 1. The van der Waals surface area contributed by atoms with Gasteiger partial charge in [-0.1, -0.05) is 50.2 Å². The van der Waals surface area contributed by atoms with Crippen LogP contribution in [-0.4, -0.2) is 28.6 Å². The van der Waals surface area contributed by atoms with Crippen molar-refractivity contribution >= 4 is 23.3 Å². The molecule has 1 fully saturated rings. The van der Waals surface area contributed by atoms with Crippen molar-refractivity contribution in [2.24, 2.45) is 0 Å². The fraction of sp³-hybridized carbons (Fsp3) is 0.296. The van der Waals surface area contributed by atoms with E-state index < -0.39 is 17.7 Å². The number of rotatable bonds is 7. The Balaban J connectivity index is 1.83. The second-order valence-electron chi connectivity index (χ2n) is 8.66. The van der Waals surface area contributed by atoms with Crippen molar-refractivity contribution in [3.05, 3.63) is 82.6 Å². The van der Waals surface area contributed by atoms with Crippen LogP contribution in [0.4, 0.5) is 5.82 Å². The summed E-state index contributed by atoms with van der Waals surface area (Å²) in [6, 6.07) is 15.2. The zero-order chi connectivity index (χ0) is 24.4. The number of aryl methyl sites for hydroxylation is 1. The van der Waals surface area contributed by atoms with Gasteiger partial charge in [0, 0.05) is 11.6 Å². The maximum absolute atomic E-state index is 13.2. The van der Waals surface area contributed by atoms with Gasteiger partial charge in [-0.05, 0) is 54.7 Å². The Kier molecular flexibility index (Phi) is 6.54. The number of hydrogen-bond acceptors (Lipinski definition) is 6. The number of nitrogens with zero attached hydrogens (tertiary/aromatic N) is 2. The minimum atomic E-state index is -0.846. The molecule has 0 bridgehead atoms. The van der Waals surface area contributed by atoms with Crippen molar-refractivity contribution in [2.45, 2.75) is 46.1 Å². The number of aromatic nitrogens is 1. The smallest absolute Gasteiger partial charge is 0.301 e. The molecule has 1 aliphatic rings. The van der Waals surface area contributed by atoms with Crippen molar-refractivity contribution in [3.63, 3.8) is 0 Å². The summed E-state index contributed by atoms with van der Waals surface area (Å²) in [5.74, 6) is -0.0720. The average Bonchev–Trinajstić information content (AvgIpc) is 3.38. The number of ketones is 1. The third kappa shape index (κ3) is 4.33. The molecule has 3 aromatic rings. The number of ether oxygens (including phenoxy) is 1. The number of carbonyl (C=O) groups is 2. The molecular weight excluding hydrogens is 432 g/mol. The molecule has 1 unspecified atom stereocenters. The lowest BCUT2D eigenvalue weighted by molar-refractivity contribution is -0.132. The molecule has 1 aliphatic heterocycles. The second kappa shape index (κ2) is 9.55. The molecule has 7 nitrogen and oxygen atoms in total. The lowest BCUT2D eigenvalue weighted by Crippen LogP contribution is -2.29. The van der Waals surface area contributed by atoms with E-state index in [1.807, 2.05) is 31.2 Å². The van der Waals surface area contributed by atoms with Crippen molar-refractivity contribution in [1.29, 1.82) is 0 Å². The number of Topliss-reactive ketones (excluding diaryl/α,β-unsaturated/α-hetero) is 1. The van der Waals surface area contributed by atoms with E-state index in [0.29, 0.717) is 35.2 Å². The van der Waals surface area contributed by atoms with E-state index in [1.54, 1.807) is 37.3 Å². The molecule has 0 saturated carbocycles. The van der Waals surface area contributed by atoms with Crippen LogP contribution in [0.15, 0.2) is 64.7 Å². The predicted octanol–water partition coefficient (Wildman–Crippen LogP) is 5.52. The lowest BCUT2D eigenvalue weighted by atomic mass is 9.93. The van der Waals surface area contributed by atoms with Gasteiger partial charge in [0.1, 0.15) is 17.3 Å². The third-order valence-corrected chi connectivity index (χ3v) is 5.83. The third-order valence-electron chi connectivity index (χ3n) is 5.83. The highest BCUT2D eigenvalue weighted by molar-refractivity contribution is 6.51. The molecule has 0 aliphatic carbocycles. The summed E-state index contributed by atoms with van der Waals surface area (Å²) in [6.45, 7) is 8.49. The Hall–Kier alpha value is -3.87. The summed E-state index contributed by atoms with van der Waals surface area (Å²) in [6.07, 6.45) is 0.877. The SMILES string of the molecule is CCCOc1ccc(/C(O)=C2\C(=O)C(=O)N(c3cc(C)on3)C2c2ccc(C(C)C)cc2)cc1. The Morgan fingerprint density at radius 3 is 2.35 bits per heavy atom. The van der Waals surface area contributed by atoms with Crippen LogP contribution in [0, 0.1) is 6.92 Å². The van der Waals surface area contributed by atoms with Crippen LogP contribution in [0.2, 0.25) is 0 Å². The van der Waals surface area contributed by atoms with Crippen LogP contribution in [0.1, 0.15) is 61.6 Å². The standard InChI is InChI=1S/C27H28N2O5/c1-5-14-33-21-12-10-20(11-13-21)25(30)23-24(19-8-6-18(7-9-19)16(2)3)29(27(32)26(23)31)22-15-17(4)34-28-22/h6-13,15-16,24,30H,5,14H2,1-4H3/b25-23+. The number of carbonyl (C=O) groups excluding carboxylic acids is 2. The fourth-order valence-corrected chi connectivity index (χ4v) is 4.00. The highest BCUT2D eigenvalue weighted by atomic mass is 16.5. The van der Waals surface area contributed by atoms with E-state index in [1.165, 1.54) is 4.90 Å². The number of anilines is 1. The summed E-state index contributed by atoms with van der Waals surface area (Å²) in [4.78, 5) is 27.6. The quantitative estimate of drug-likeness (QED) is 0.283. The van der Waals surface area contributed by atoms with E-state index >= 15 is 0 Å². The first-order chi connectivity index (χ1) is 16.3. The lowest BCUT2D eigenvalue weighted by Gasteiger charge is -2.23. The van der Waals surface area contributed by atoms with Gasteiger partial charge in [-0.2, -0.15) is 0 Å². The predicted molar refractivity (Wildman–Crippen MR) is 129 cm³/mol. The molecule has 2 aromatic carbocycles. The monoisotopic (exact) mass is 460 g/mol. The van der Waals surface area contributed by atoms with Gasteiger partial charge in [-0.15, -0.1) is 0 Å². The van der Waals surface area contributed by atoms with Crippen molar-refractivity contribution in [1.82, 2.24) is 5.16 Å². The van der Waals surface area contributed by atoms with Gasteiger partial charge < -0.3 is 14.4 Å². The van der Waals surface area contributed by atoms with Gasteiger partial charge in [0.25, 0.3) is 5.78 Å². The zero-order valence-corrected chi connectivity index (χ0v) is 19.7. The first-order valence-electron chi connectivity index (χ1n) is 11.4. The number of benzene rings is 2. The molecule has 1 atom stereocenters. The summed E-state index contributed by atoms with van der Waals surface area (Å²) in [5.41, 5.74) is 2.24. The van der Waals surface area contributed by atoms with Crippen LogP contribution in [0.3, 0.4) is 0 Å². The van der Waals surface area contributed by atoms with Gasteiger partial charge in [0.15, 0.2) is 5.82 Å².